The fraction of sp³-hybridized carbons (Fsp3) is 0.0233. The lowest BCUT2D eigenvalue weighted by molar-refractivity contribution is 0.589. The minimum atomic E-state index is -0.634. The van der Waals surface area contributed by atoms with Gasteiger partial charge in [0.1, 0.15) is 17.5 Å². The van der Waals surface area contributed by atoms with Gasteiger partial charge in [-0.05, 0) is 99.1 Å². The Balaban J connectivity index is 1.35. The highest BCUT2D eigenvalue weighted by atomic mass is 19.1. The van der Waals surface area contributed by atoms with Crippen LogP contribution in [0.25, 0.3) is 33.4 Å². The molecule has 7 aromatic carbocycles. The van der Waals surface area contributed by atoms with Crippen molar-refractivity contribution in [3.05, 3.63) is 197 Å². The van der Waals surface area contributed by atoms with Crippen LogP contribution in [0.4, 0.5) is 30.2 Å². The van der Waals surface area contributed by atoms with Crippen molar-refractivity contribution in [1.29, 1.82) is 0 Å². The summed E-state index contributed by atoms with van der Waals surface area (Å²) < 4.78 is 44.4. The van der Waals surface area contributed by atoms with Crippen LogP contribution in [0.5, 0.6) is 0 Å². The number of benzene rings is 7. The molecule has 1 nitrogen and oxygen atoms in total. The zero-order valence-corrected chi connectivity index (χ0v) is 25.1. The van der Waals surface area contributed by atoms with Gasteiger partial charge in [-0.25, -0.2) is 13.2 Å². The third kappa shape index (κ3) is 3.85. The summed E-state index contributed by atoms with van der Waals surface area (Å²) in [6.45, 7) is 0. The van der Waals surface area contributed by atoms with Crippen LogP contribution in [0, 0.1) is 17.5 Å². The monoisotopic (exact) mass is 613 g/mol. The molecule has 4 heteroatoms. The molecule has 0 amide bonds. The Hall–Kier alpha value is -5.87. The molecule has 2 aliphatic rings. The normalized spacial score (nSPS) is 13.2. The number of nitrogens with zero attached hydrogens (tertiary/aromatic N) is 1. The number of rotatable bonds is 4. The Kier molecular flexibility index (Phi) is 6.03. The molecule has 0 saturated heterocycles. The van der Waals surface area contributed by atoms with Gasteiger partial charge in [-0.2, -0.15) is 0 Å². The lowest BCUT2D eigenvalue weighted by Crippen LogP contribution is -2.26. The van der Waals surface area contributed by atoms with E-state index in [4.69, 9.17) is 0 Å². The van der Waals surface area contributed by atoms with Gasteiger partial charge in [0, 0.05) is 16.9 Å². The SMILES string of the molecule is Fc1ccc(N(c2cccc(-c3c(F)cccc3F)c2)c2cccc3c2-c2ccccc2C32c3ccccc3-c3ccccc32)cc1. The van der Waals surface area contributed by atoms with Crippen molar-refractivity contribution in [3.63, 3.8) is 0 Å². The molecule has 0 aliphatic heterocycles. The van der Waals surface area contributed by atoms with Gasteiger partial charge in [0.2, 0.25) is 0 Å². The molecule has 224 valence electrons. The first-order chi connectivity index (χ1) is 23.1. The second kappa shape index (κ2) is 10.3. The van der Waals surface area contributed by atoms with E-state index in [-0.39, 0.29) is 11.4 Å². The molecule has 0 saturated carbocycles. The fourth-order valence-corrected chi connectivity index (χ4v) is 7.90. The predicted molar refractivity (Wildman–Crippen MR) is 183 cm³/mol. The predicted octanol–water partition coefficient (Wildman–Crippen LogP) is 11.6. The Labute approximate surface area is 270 Å². The van der Waals surface area contributed by atoms with Gasteiger partial charge < -0.3 is 4.90 Å². The molecule has 0 unspecified atom stereocenters. The highest BCUT2D eigenvalue weighted by molar-refractivity contribution is 6.01. The first kappa shape index (κ1) is 27.4. The van der Waals surface area contributed by atoms with Gasteiger partial charge in [-0.3, -0.25) is 0 Å². The molecular weight excluding hydrogens is 587 g/mol. The van der Waals surface area contributed by atoms with Gasteiger partial charge in [0.15, 0.2) is 0 Å². The maximum absolute atomic E-state index is 15.0. The maximum atomic E-state index is 15.0. The maximum Gasteiger partial charge on any atom is 0.133 e. The third-order valence-electron chi connectivity index (χ3n) is 9.68. The van der Waals surface area contributed by atoms with Crippen LogP contribution in [0.15, 0.2) is 158 Å². The lowest BCUT2D eigenvalue weighted by atomic mass is 9.70. The van der Waals surface area contributed by atoms with E-state index in [1.54, 1.807) is 30.3 Å². The molecule has 0 N–H and O–H groups in total. The molecule has 0 bridgehead atoms. The highest BCUT2D eigenvalue weighted by Crippen LogP contribution is 2.64. The molecule has 47 heavy (non-hydrogen) atoms. The third-order valence-corrected chi connectivity index (χ3v) is 9.68. The molecule has 1 spiro atoms. The molecule has 7 aromatic rings. The summed E-state index contributed by atoms with van der Waals surface area (Å²) in [6.07, 6.45) is 0. The van der Waals surface area contributed by atoms with E-state index in [9.17, 15) is 4.39 Å². The van der Waals surface area contributed by atoms with Gasteiger partial charge in [-0.1, -0.05) is 103 Å². The summed E-state index contributed by atoms with van der Waals surface area (Å²) in [6, 6.07) is 49.6. The van der Waals surface area contributed by atoms with Crippen molar-refractivity contribution in [2.45, 2.75) is 5.41 Å². The fourth-order valence-electron chi connectivity index (χ4n) is 7.90. The largest absolute Gasteiger partial charge is 0.310 e. The van der Waals surface area contributed by atoms with Crippen LogP contribution < -0.4 is 4.90 Å². The Morgan fingerprint density at radius 1 is 0.404 bits per heavy atom. The van der Waals surface area contributed by atoms with Crippen molar-refractivity contribution in [2.24, 2.45) is 0 Å². The van der Waals surface area contributed by atoms with E-state index in [2.05, 4.69) is 95.9 Å². The Bertz CT molecular complexity index is 2290. The van der Waals surface area contributed by atoms with Gasteiger partial charge >= 0.3 is 0 Å². The van der Waals surface area contributed by atoms with Crippen molar-refractivity contribution >= 4 is 17.1 Å². The minimum absolute atomic E-state index is 0.0878. The van der Waals surface area contributed by atoms with E-state index in [0.29, 0.717) is 11.3 Å². The van der Waals surface area contributed by atoms with Gasteiger partial charge in [-0.15, -0.1) is 0 Å². The number of hydrogen-bond acceptors (Lipinski definition) is 1. The minimum Gasteiger partial charge on any atom is -0.310 e. The molecule has 0 atom stereocenters. The number of anilines is 3. The first-order valence-electron chi connectivity index (χ1n) is 15.6. The van der Waals surface area contributed by atoms with E-state index in [1.807, 2.05) is 6.07 Å². The van der Waals surface area contributed by atoms with Crippen LogP contribution in [-0.2, 0) is 5.41 Å². The van der Waals surface area contributed by atoms with E-state index in [0.717, 1.165) is 28.1 Å². The quantitative estimate of drug-likeness (QED) is 0.191. The zero-order valence-electron chi connectivity index (χ0n) is 25.1. The van der Waals surface area contributed by atoms with Crippen molar-refractivity contribution in [3.8, 4) is 33.4 Å². The summed E-state index contributed by atoms with van der Waals surface area (Å²) >= 11 is 0. The van der Waals surface area contributed by atoms with Crippen LogP contribution in [-0.4, -0.2) is 0 Å². The molecule has 0 heterocycles. The van der Waals surface area contributed by atoms with Crippen LogP contribution >= 0.6 is 0 Å². The standard InChI is InChI=1S/C43H26F3N/c44-28-22-24-29(25-23-28)47(30-11-7-10-27(26-30)41-38(45)19-9-20-39(41)46)40-21-8-18-37-42(40)33-14-3-6-17-36(33)43(37)34-15-4-1-12-31(34)32-13-2-5-16-35(32)43/h1-26H. The number of hydrogen-bond donors (Lipinski definition) is 0. The summed E-state index contributed by atoms with van der Waals surface area (Å²) in [5.41, 5.74) is 11.5. The second-order valence-electron chi connectivity index (χ2n) is 12.0. The van der Waals surface area contributed by atoms with Crippen molar-refractivity contribution in [2.75, 3.05) is 4.90 Å². The van der Waals surface area contributed by atoms with E-state index in [1.165, 1.54) is 58.1 Å². The Morgan fingerprint density at radius 3 is 1.60 bits per heavy atom. The van der Waals surface area contributed by atoms with E-state index < -0.39 is 17.0 Å². The summed E-state index contributed by atoms with van der Waals surface area (Å²) in [5.74, 6) is -1.62. The van der Waals surface area contributed by atoms with E-state index >= 15 is 8.78 Å². The zero-order chi connectivity index (χ0) is 31.7. The average Bonchev–Trinajstić information content (AvgIpc) is 3.57. The van der Waals surface area contributed by atoms with Crippen LogP contribution in [0.1, 0.15) is 22.3 Å². The molecule has 9 rings (SSSR count). The summed E-state index contributed by atoms with van der Waals surface area (Å²) in [5, 5.41) is 0. The Morgan fingerprint density at radius 2 is 0.936 bits per heavy atom. The first-order valence-corrected chi connectivity index (χ1v) is 15.6. The van der Waals surface area contributed by atoms with Gasteiger partial charge in [0.05, 0.1) is 16.7 Å². The highest BCUT2D eigenvalue weighted by Gasteiger charge is 2.52. The topological polar surface area (TPSA) is 3.24 Å². The molecule has 0 radical (unpaired) electrons. The van der Waals surface area contributed by atoms with Crippen LogP contribution in [0.3, 0.4) is 0 Å². The number of fused-ring (bicyclic) bond motifs is 10. The molecule has 0 aromatic heterocycles. The molecule has 0 fully saturated rings. The van der Waals surface area contributed by atoms with Crippen molar-refractivity contribution in [1.82, 2.24) is 0 Å². The average molecular weight is 614 g/mol. The molecular formula is C43H26F3N. The van der Waals surface area contributed by atoms with Gasteiger partial charge in [0.25, 0.3) is 0 Å². The smallest absolute Gasteiger partial charge is 0.133 e. The van der Waals surface area contributed by atoms with Crippen molar-refractivity contribution < 1.29 is 13.2 Å². The second-order valence-corrected chi connectivity index (χ2v) is 12.0. The van der Waals surface area contributed by atoms with Crippen LogP contribution in [0.2, 0.25) is 0 Å². The summed E-state index contributed by atoms with van der Waals surface area (Å²) in [4.78, 5) is 2.06. The lowest BCUT2D eigenvalue weighted by Gasteiger charge is -2.32. The summed E-state index contributed by atoms with van der Waals surface area (Å²) in [7, 11) is 0. The number of halogens is 3. The molecule has 2 aliphatic carbocycles.